The smallest absolute Gasteiger partial charge is 0.163 e. The second-order valence-corrected chi connectivity index (χ2v) is 3.49. The Hall–Kier alpha value is -2.30. The van der Waals surface area contributed by atoms with Gasteiger partial charge in [-0.15, -0.1) is 0 Å². The Labute approximate surface area is 91.8 Å². The molecule has 0 fully saturated rings. The van der Waals surface area contributed by atoms with Gasteiger partial charge >= 0.3 is 0 Å². The molecule has 3 aromatic rings. The molecule has 5 nitrogen and oxygen atoms in total. The number of rotatable bonds is 1. The molecule has 16 heavy (non-hydrogen) atoms. The molecule has 3 heterocycles. The predicted octanol–water partition coefficient (Wildman–Crippen LogP) is 1.43. The van der Waals surface area contributed by atoms with Crippen molar-refractivity contribution in [3.8, 4) is 11.4 Å². The lowest BCUT2D eigenvalue weighted by Gasteiger charge is -1.99. The van der Waals surface area contributed by atoms with Crippen LogP contribution in [-0.2, 0) is 7.05 Å². The predicted molar refractivity (Wildman–Crippen MR) is 59.5 cm³/mol. The van der Waals surface area contributed by atoms with Crippen LogP contribution in [0.1, 0.15) is 0 Å². The van der Waals surface area contributed by atoms with Crippen LogP contribution in [0.15, 0.2) is 37.1 Å². The molecule has 0 amide bonds. The molecule has 0 aliphatic carbocycles. The van der Waals surface area contributed by atoms with E-state index in [1.54, 1.807) is 24.9 Å². The highest BCUT2D eigenvalue weighted by atomic mass is 15.1. The van der Waals surface area contributed by atoms with E-state index in [9.17, 15) is 0 Å². The summed E-state index contributed by atoms with van der Waals surface area (Å²) in [5.41, 5.74) is 2.60. The molecule has 0 atom stereocenters. The van der Waals surface area contributed by atoms with Crippen molar-refractivity contribution in [2.75, 3.05) is 0 Å². The van der Waals surface area contributed by atoms with Crippen LogP contribution in [0.3, 0.4) is 0 Å². The van der Waals surface area contributed by atoms with Gasteiger partial charge in [-0.05, 0) is 12.1 Å². The Morgan fingerprint density at radius 1 is 1.12 bits per heavy atom. The molecule has 0 spiro atoms. The molecule has 0 aliphatic rings. The summed E-state index contributed by atoms with van der Waals surface area (Å²) in [4.78, 5) is 16.9. The topological polar surface area (TPSA) is 56.5 Å². The Morgan fingerprint density at radius 3 is 2.75 bits per heavy atom. The molecule has 5 heteroatoms. The van der Waals surface area contributed by atoms with Crippen molar-refractivity contribution in [3.05, 3.63) is 37.1 Å². The molecule has 0 aromatic carbocycles. The molecule has 3 rings (SSSR count). The first kappa shape index (κ1) is 8.96. The van der Waals surface area contributed by atoms with Crippen LogP contribution < -0.4 is 0 Å². The van der Waals surface area contributed by atoms with Crippen molar-refractivity contribution in [2.45, 2.75) is 0 Å². The van der Waals surface area contributed by atoms with Crippen molar-refractivity contribution >= 4 is 11.2 Å². The first-order chi connectivity index (χ1) is 7.84. The van der Waals surface area contributed by atoms with E-state index in [1.807, 2.05) is 23.7 Å². The van der Waals surface area contributed by atoms with Gasteiger partial charge < -0.3 is 4.57 Å². The van der Waals surface area contributed by atoms with Crippen LogP contribution in [0.2, 0.25) is 0 Å². The van der Waals surface area contributed by atoms with Gasteiger partial charge in [0.15, 0.2) is 11.5 Å². The normalized spacial score (nSPS) is 10.8. The molecule has 0 radical (unpaired) electrons. The van der Waals surface area contributed by atoms with Gasteiger partial charge in [0, 0.05) is 25.0 Å². The fourth-order valence-corrected chi connectivity index (χ4v) is 1.56. The molecule has 0 unspecified atom stereocenters. The van der Waals surface area contributed by atoms with Gasteiger partial charge in [0.25, 0.3) is 0 Å². The Balaban J connectivity index is 2.22. The first-order valence-electron chi connectivity index (χ1n) is 4.89. The SMILES string of the molecule is Cn1cnc2cnc(-c3ccncc3)nc21. The Bertz CT molecular complexity index is 629. The lowest BCUT2D eigenvalue weighted by atomic mass is 10.2. The third-order valence-electron chi connectivity index (χ3n) is 2.39. The molecular formula is C11H9N5. The van der Waals surface area contributed by atoms with Crippen LogP contribution in [0.25, 0.3) is 22.6 Å². The van der Waals surface area contributed by atoms with E-state index in [4.69, 9.17) is 0 Å². The van der Waals surface area contributed by atoms with Gasteiger partial charge in [0.05, 0.1) is 12.5 Å². The summed E-state index contributed by atoms with van der Waals surface area (Å²) in [7, 11) is 1.92. The van der Waals surface area contributed by atoms with Gasteiger partial charge in [-0.2, -0.15) is 0 Å². The summed E-state index contributed by atoms with van der Waals surface area (Å²) >= 11 is 0. The van der Waals surface area contributed by atoms with E-state index in [1.165, 1.54) is 0 Å². The largest absolute Gasteiger partial charge is 0.318 e. The van der Waals surface area contributed by atoms with E-state index >= 15 is 0 Å². The van der Waals surface area contributed by atoms with Gasteiger partial charge in [0.2, 0.25) is 0 Å². The van der Waals surface area contributed by atoms with E-state index in [0.29, 0.717) is 5.82 Å². The average molecular weight is 211 g/mol. The van der Waals surface area contributed by atoms with E-state index in [-0.39, 0.29) is 0 Å². The van der Waals surface area contributed by atoms with Crippen molar-refractivity contribution in [2.24, 2.45) is 7.05 Å². The minimum absolute atomic E-state index is 0.693. The highest BCUT2D eigenvalue weighted by Crippen LogP contribution is 2.15. The number of pyridine rings is 1. The number of hydrogen-bond acceptors (Lipinski definition) is 4. The van der Waals surface area contributed by atoms with Gasteiger partial charge in [0.1, 0.15) is 5.52 Å². The second-order valence-electron chi connectivity index (χ2n) is 3.49. The first-order valence-corrected chi connectivity index (χ1v) is 4.89. The molecule has 0 aliphatic heterocycles. The molecule has 0 saturated carbocycles. The minimum Gasteiger partial charge on any atom is -0.318 e. The number of imidazole rings is 1. The van der Waals surface area contributed by atoms with E-state index in [2.05, 4.69) is 19.9 Å². The monoisotopic (exact) mass is 211 g/mol. The summed E-state index contributed by atoms with van der Waals surface area (Å²) < 4.78 is 1.88. The van der Waals surface area contributed by atoms with Crippen LogP contribution in [0.4, 0.5) is 0 Å². The molecule has 0 N–H and O–H groups in total. The fourth-order valence-electron chi connectivity index (χ4n) is 1.56. The zero-order valence-electron chi connectivity index (χ0n) is 8.70. The third-order valence-corrected chi connectivity index (χ3v) is 2.39. The van der Waals surface area contributed by atoms with E-state index < -0.39 is 0 Å². The van der Waals surface area contributed by atoms with Gasteiger partial charge in [-0.25, -0.2) is 15.0 Å². The van der Waals surface area contributed by atoms with E-state index in [0.717, 1.165) is 16.7 Å². The number of aryl methyl sites for hydroxylation is 1. The van der Waals surface area contributed by atoms with Crippen molar-refractivity contribution in [1.29, 1.82) is 0 Å². The zero-order chi connectivity index (χ0) is 11.0. The van der Waals surface area contributed by atoms with Crippen LogP contribution in [0, 0.1) is 0 Å². The molecule has 0 bridgehead atoms. The Morgan fingerprint density at radius 2 is 1.94 bits per heavy atom. The van der Waals surface area contributed by atoms with Crippen molar-refractivity contribution < 1.29 is 0 Å². The maximum absolute atomic E-state index is 4.47. The second kappa shape index (κ2) is 3.37. The summed E-state index contributed by atoms with van der Waals surface area (Å²) in [5.74, 6) is 0.693. The maximum atomic E-state index is 4.47. The summed E-state index contributed by atoms with van der Waals surface area (Å²) in [5, 5.41) is 0. The maximum Gasteiger partial charge on any atom is 0.163 e. The third kappa shape index (κ3) is 1.33. The standard InChI is InChI=1S/C11H9N5/c1-16-7-14-9-6-13-10(15-11(9)16)8-2-4-12-5-3-8/h2-7H,1H3. The molecular weight excluding hydrogens is 202 g/mol. The summed E-state index contributed by atoms with van der Waals surface area (Å²) in [6.07, 6.45) is 6.92. The van der Waals surface area contributed by atoms with Crippen LogP contribution in [0.5, 0.6) is 0 Å². The van der Waals surface area contributed by atoms with Crippen LogP contribution >= 0.6 is 0 Å². The molecule has 0 saturated heterocycles. The van der Waals surface area contributed by atoms with Gasteiger partial charge in [-0.1, -0.05) is 0 Å². The lowest BCUT2D eigenvalue weighted by molar-refractivity contribution is 0.929. The quantitative estimate of drug-likeness (QED) is 0.611. The minimum atomic E-state index is 0.693. The highest BCUT2D eigenvalue weighted by molar-refractivity contribution is 5.72. The number of aromatic nitrogens is 5. The summed E-state index contributed by atoms with van der Waals surface area (Å²) in [6, 6.07) is 3.77. The number of hydrogen-bond donors (Lipinski definition) is 0. The van der Waals surface area contributed by atoms with Crippen LogP contribution in [-0.4, -0.2) is 24.5 Å². The summed E-state index contributed by atoms with van der Waals surface area (Å²) in [6.45, 7) is 0. The lowest BCUT2D eigenvalue weighted by Crippen LogP contribution is -1.93. The van der Waals surface area contributed by atoms with Crippen molar-refractivity contribution in [3.63, 3.8) is 0 Å². The zero-order valence-corrected chi connectivity index (χ0v) is 8.70. The number of fused-ring (bicyclic) bond motifs is 1. The molecule has 3 aromatic heterocycles. The fraction of sp³-hybridized carbons (Fsp3) is 0.0909. The molecule has 78 valence electrons. The average Bonchev–Trinajstić information content (AvgIpc) is 2.72. The Kier molecular flexibility index (Phi) is 1.89. The number of nitrogens with zero attached hydrogens (tertiary/aromatic N) is 5. The highest BCUT2D eigenvalue weighted by Gasteiger charge is 2.05. The van der Waals surface area contributed by atoms with Gasteiger partial charge in [-0.3, -0.25) is 4.98 Å². The van der Waals surface area contributed by atoms with Crippen molar-refractivity contribution in [1.82, 2.24) is 24.5 Å².